The third kappa shape index (κ3) is 3.06. The van der Waals surface area contributed by atoms with Gasteiger partial charge in [-0.2, -0.15) is 5.26 Å². The molecule has 0 aromatic carbocycles. The number of likely N-dealkylation sites (tertiary alicyclic amines) is 1. The lowest BCUT2D eigenvalue weighted by Gasteiger charge is -2.25. The fourth-order valence-corrected chi connectivity index (χ4v) is 3.11. The lowest BCUT2D eigenvalue weighted by molar-refractivity contribution is -0.134. The summed E-state index contributed by atoms with van der Waals surface area (Å²) in [6.45, 7) is 1.02. The van der Waals surface area contributed by atoms with Crippen molar-refractivity contribution in [2.24, 2.45) is 5.92 Å². The van der Waals surface area contributed by atoms with Gasteiger partial charge in [-0.1, -0.05) is 12.8 Å². The molecule has 5 nitrogen and oxygen atoms in total. The highest BCUT2D eigenvalue weighted by molar-refractivity contribution is 5.89. The number of carbonyl (C=O) groups excluding carboxylic acids is 2. The number of carbonyl (C=O) groups is 2. The number of hydrogen-bond acceptors (Lipinski definition) is 3. The molecule has 2 aliphatic rings. The van der Waals surface area contributed by atoms with Crippen LogP contribution in [0.15, 0.2) is 0 Å². The number of rotatable bonds is 4. The number of nitrogens with zero attached hydrogens (tertiary/aromatic N) is 3. The maximum absolute atomic E-state index is 12.2. The van der Waals surface area contributed by atoms with E-state index in [1.807, 2.05) is 11.0 Å². The Morgan fingerprint density at radius 1 is 1.47 bits per heavy atom. The number of hydrogen-bond donors (Lipinski definition) is 0. The van der Waals surface area contributed by atoms with Gasteiger partial charge in [0.05, 0.1) is 18.4 Å². The van der Waals surface area contributed by atoms with Crippen molar-refractivity contribution >= 4 is 11.8 Å². The van der Waals surface area contributed by atoms with E-state index in [-0.39, 0.29) is 17.7 Å². The molecule has 0 N–H and O–H groups in total. The van der Waals surface area contributed by atoms with Crippen LogP contribution in [0.25, 0.3) is 0 Å². The van der Waals surface area contributed by atoms with Crippen LogP contribution < -0.4 is 0 Å². The summed E-state index contributed by atoms with van der Waals surface area (Å²) in [7, 11) is 1.71. The molecule has 0 radical (unpaired) electrons. The first-order valence-corrected chi connectivity index (χ1v) is 7.05. The van der Waals surface area contributed by atoms with Crippen LogP contribution >= 0.6 is 0 Å². The molecule has 104 valence electrons. The molecule has 0 bridgehead atoms. The highest BCUT2D eigenvalue weighted by atomic mass is 16.2. The fourth-order valence-electron chi connectivity index (χ4n) is 3.11. The van der Waals surface area contributed by atoms with E-state index in [1.54, 1.807) is 11.9 Å². The average Bonchev–Trinajstić information content (AvgIpc) is 3.03. The maximum atomic E-state index is 12.2. The Balaban J connectivity index is 1.91. The SMILES string of the molecule is CN(CCC#N)C(=O)[C@H]1CC(=O)N(C2CCCC2)C1. The van der Waals surface area contributed by atoms with E-state index >= 15 is 0 Å². The van der Waals surface area contributed by atoms with E-state index in [0.717, 1.165) is 12.8 Å². The van der Waals surface area contributed by atoms with Gasteiger partial charge in [0.1, 0.15) is 0 Å². The second-order valence-corrected chi connectivity index (χ2v) is 5.55. The maximum Gasteiger partial charge on any atom is 0.227 e. The third-order valence-corrected chi connectivity index (χ3v) is 4.21. The van der Waals surface area contributed by atoms with E-state index < -0.39 is 0 Å². The second kappa shape index (κ2) is 6.05. The van der Waals surface area contributed by atoms with Crippen molar-refractivity contribution in [3.63, 3.8) is 0 Å². The number of nitriles is 1. The zero-order valence-electron chi connectivity index (χ0n) is 11.5. The van der Waals surface area contributed by atoms with Gasteiger partial charge in [-0.05, 0) is 12.8 Å². The summed E-state index contributed by atoms with van der Waals surface area (Å²) in [5, 5.41) is 8.54. The molecule has 1 saturated carbocycles. The van der Waals surface area contributed by atoms with Gasteiger partial charge in [-0.15, -0.1) is 0 Å². The van der Waals surface area contributed by atoms with E-state index in [0.29, 0.717) is 32.0 Å². The molecule has 0 aromatic heterocycles. The van der Waals surface area contributed by atoms with Gasteiger partial charge in [0.2, 0.25) is 11.8 Å². The fraction of sp³-hybridized carbons (Fsp3) is 0.786. The molecular weight excluding hydrogens is 242 g/mol. The molecule has 1 heterocycles. The Hall–Kier alpha value is -1.57. The summed E-state index contributed by atoms with van der Waals surface area (Å²) in [4.78, 5) is 27.7. The Labute approximate surface area is 114 Å². The molecule has 2 rings (SSSR count). The summed E-state index contributed by atoms with van der Waals surface area (Å²) >= 11 is 0. The molecule has 5 heteroatoms. The minimum Gasteiger partial charge on any atom is -0.344 e. The van der Waals surface area contributed by atoms with Crippen molar-refractivity contribution in [1.82, 2.24) is 9.80 Å². The van der Waals surface area contributed by atoms with Gasteiger partial charge in [-0.25, -0.2) is 0 Å². The van der Waals surface area contributed by atoms with Crippen LogP contribution in [-0.4, -0.2) is 47.8 Å². The monoisotopic (exact) mass is 263 g/mol. The molecule has 1 saturated heterocycles. The van der Waals surface area contributed by atoms with Crippen LogP contribution in [-0.2, 0) is 9.59 Å². The van der Waals surface area contributed by atoms with Crippen molar-refractivity contribution in [3.05, 3.63) is 0 Å². The van der Waals surface area contributed by atoms with E-state index in [4.69, 9.17) is 5.26 Å². The zero-order valence-corrected chi connectivity index (χ0v) is 11.5. The van der Waals surface area contributed by atoms with Crippen LogP contribution in [0, 0.1) is 17.2 Å². The zero-order chi connectivity index (χ0) is 13.8. The van der Waals surface area contributed by atoms with Crippen LogP contribution in [0.3, 0.4) is 0 Å². The lowest BCUT2D eigenvalue weighted by Crippen LogP contribution is -2.37. The predicted molar refractivity (Wildman–Crippen MR) is 69.9 cm³/mol. The van der Waals surface area contributed by atoms with Crippen molar-refractivity contribution in [1.29, 1.82) is 5.26 Å². The predicted octanol–water partition coefficient (Wildman–Crippen LogP) is 1.15. The molecule has 1 aliphatic heterocycles. The summed E-state index contributed by atoms with van der Waals surface area (Å²) in [6, 6.07) is 2.39. The second-order valence-electron chi connectivity index (χ2n) is 5.55. The molecule has 0 spiro atoms. The first-order chi connectivity index (χ1) is 9.13. The van der Waals surface area contributed by atoms with Gasteiger partial charge in [0.15, 0.2) is 0 Å². The van der Waals surface area contributed by atoms with Crippen LogP contribution in [0.4, 0.5) is 0 Å². The van der Waals surface area contributed by atoms with E-state index in [9.17, 15) is 9.59 Å². The van der Waals surface area contributed by atoms with Crippen molar-refractivity contribution in [2.75, 3.05) is 20.1 Å². The summed E-state index contributed by atoms with van der Waals surface area (Å²) in [5.41, 5.74) is 0. The largest absolute Gasteiger partial charge is 0.344 e. The third-order valence-electron chi connectivity index (χ3n) is 4.21. The highest BCUT2D eigenvalue weighted by Gasteiger charge is 2.39. The number of amides is 2. The van der Waals surface area contributed by atoms with Crippen LogP contribution in [0.1, 0.15) is 38.5 Å². The molecule has 1 atom stereocenters. The van der Waals surface area contributed by atoms with Crippen molar-refractivity contribution in [2.45, 2.75) is 44.6 Å². The minimum absolute atomic E-state index is 0.00379. The molecular formula is C14H21N3O2. The van der Waals surface area contributed by atoms with E-state index in [2.05, 4.69) is 0 Å². The topological polar surface area (TPSA) is 64.4 Å². The summed E-state index contributed by atoms with van der Waals surface area (Å²) in [5.74, 6) is -0.0835. The van der Waals surface area contributed by atoms with Gasteiger partial charge in [0.25, 0.3) is 0 Å². The van der Waals surface area contributed by atoms with Crippen molar-refractivity contribution < 1.29 is 9.59 Å². The first-order valence-electron chi connectivity index (χ1n) is 7.05. The Kier molecular flexibility index (Phi) is 4.41. The molecule has 0 unspecified atom stereocenters. The first kappa shape index (κ1) is 13.9. The highest BCUT2D eigenvalue weighted by Crippen LogP contribution is 2.30. The molecule has 0 aromatic rings. The Morgan fingerprint density at radius 3 is 2.79 bits per heavy atom. The molecule has 1 aliphatic carbocycles. The molecule has 2 amide bonds. The molecule has 2 fully saturated rings. The molecule has 19 heavy (non-hydrogen) atoms. The summed E-state index contributed by atoms with van der Waals surface area (Å²) < 4.78 is 0. The average molecular weight is 263 g/mol. The quantitative estimate of drug-likeness (QED) is 0.764. The van der Waals surface area contributed by atoms with E-state index in [1.165, 1.54) is 12.8 Å². The standard InChI is InChI=1S/C14H21N3O2/c1-16(8-4-7-15)14(19)11-9-13(18)17(10-11)12-5-2-3-6-12/h11-12H,2-6,8-10H2,1H3/t11-/m0/s1. The van der Waals surface area contributed by atoms with Gasteiger partial charge < -0.3 is 9.80 Å². The van der Waals surface area contributed by atoms with Crippen LogP contribution in [0.5, 0.6) is 0 Å². The van der Waals surface area contributed by atoms with Gasteiger partial charge >= 0.3 is 0 Å². The van der Waals surface area contributed by atoms with Crippen LogP contribution in [0.2, 0.25) is 0 Å². The Bertz CT molecular complexity index is 396. The smallest absolute Gasteiger partial charge is 0.227 e. The van der Waals surface area contributed by atoms with Crippen molar-refractivity contribution in [3.8, 4) is 6.07 Å². The van der Waals surface area contributed by atoms with Gasteiger partial charge in [-0.3, -0.25) is 9.59 Å². The minimum atomic E-state index is -0.211. The van der Waals surface area contributed by atoms with Gasteiger partial charge in [0, 0.05) is 32.6 Å². The Morgan fingerprint density at radius 2 is 2.16 bits per heavy atom. The summed E-state index contributed by atoms with van der Waals surface area (Å²) in [6.07, 6.45) is 5.22. The normalized spacial score (nSPS) is 23.7. The lowest BCUT2D eigenvalue weighted by atomic mass is 10.1.